The van der Waals surface area contributed by atoms with Crippen molar-refractivity contribution in [3.8, 4) is 11.3 Å². The third kappa shape index (κ3) is 29.2. The van der Waals surface area contributed by atoms with Crippen LogP contribution in [-0.4, -0.2) is 303 Å². The Kier molecular flexibility index (Phi) is 39.8. The molecule has 5 aliphatic heterocycles. The molecule has 1 saturated carbocycles. The monoisotopic (exact) mass is 1830 g/mol. The summed E-state index contributed by atoms with van der Waals surface area (Å²) in [6.07, 6.45) is 12.6. The highest BCUT2D eigenvalue weighted by molar-refractivity contribution is 6.39. The molecule has 16 atom stereocenters. The second-order valence-corrected chi connectivity index (χ2v) is 36.0. The maximum atomic E-state index is 14.8. The molecule has 3 saturated heterocycles. The molecule has 11 rings (SSSR count). The number of nitrogens with one attached hydrogen (secondary N) is 2. The number of aliphatic hydroxyl groups is 3. The van der Waals surface area contributed by atoms with Gasteiger partial charge in [-0.1, -0.05) is 89.3 Å². The maximum Gasteiger partial charge on any atom is 0.407 e. The number of hydrogen-bond donors (Lipinski definition) is 7. The highest BCUT2D eigenvalue weighted by Crippen LogP contribution is 2.40. The van der Waals surface area contributed by atoms with Crippen LogP contribution in [0.1, 0.15) is 161 Å². The number of Topliss-reactive ketones (excluding diaryl/α,β-unsaturated/α-hetero) is 2. The predicted octanol–water partition coefficient (Wildman–Crippen LogP) is 8.52. The number of piperidine rings is 2. The van der Waals surface area contributed by atoms with Crippen molar-refractivity contribution in [3.05, 3.63) is 107 Å². The van der Waals surface area contributed by atoms with Crippen molar-refractivity contribution in [3.63, 3.8) is 0 Å². The Morgan fingerprint density at radius 1 is 0.718 bits per heavy atom. The van der Waals surface area contributed by atoms with Crippen molar-refractivity contribution in [1.82, 2.24) is 50.1 Å². The third-order valence-electron chi connectivity index (χ3n) is 26.3. The maximum absolute atomic E-state index is 14.8. The fraction of sp³-hybridized carbons (Fsp3) is 0.656. The van der Waals surface area contributed by atoms with Gasteiger partial charge in [0.25, 0.3) is 17.7 Å². The van der Waals surface area contributed by atoms with Crippen LogP contribution in [0.2, 0.25) is 0 Å². The summed E-state index contributed by atoms with van der Waals surface area (Å²) < 4.78 is 77.6. The molecule has 8 heterocycles. The van der Waals surface area contributed by atoms with Crippen LogP contribution in [0.4, 0.5) is 16.6 Å². The Morgan fingerprint density at radius 3 is 2.13 bits per heavy atom. The number of allylic oxidation sites excluding steroid dienone is 5. The van der Waals surface area contributed by atoms with E-state index in [2.05, 4.69) is 43.8 Å². The molecule has 0 spiro atoms. The summed E-state index contributed by atoms with van der Waals surface area (Å²) >= 11 is 0. The number of cyclic esters (lactones) is 1. The van der Waals surface area contributed by atoms with Crippen LogP contribution in [0.3, 0.4) is 0 Å². The quantitative estimate of drug-likeness (QED) is 0.00877. The molecule has 6 aliphatic rings. The topological polar surface area (TPSA) is 446 Å². The van der Waals surface area contributed by atoms with Crippen molar-refractivity contribution in [2.24, 2.45) is 35.5 Å². The molecule has 1 aliphatic carbocycles. The number of ketones is 2. The number of alkyl carbamates (subject to hydrolysis) is 1. The van der Waals surface area contributed by atoms with Gasteiger partial charge in [-0.2, -0.15) is 10.1 Å². The zero-order valence-electron chi connectivity index (χ0n) is 77.9. The Bertz CT molecular complexity index is 4680. The van der Waals surface area contributed by atoms with Crippen LogP contribution in [0.5, 0.6) is 0 Å². The van der Waals surface area contributed by atoms with Gasteiger partial charge in [-0.3, -0.25) is 28.9 Å². The second-order valence-electron chi connectivity index (χ2n) is 36.0. The van der Waals surface area contributed by atoms with E-state index in [1.807, 2.05) is 84.7 Å². The van der Waals surface area contributed by atoms with Gasteiger partial charge in [-0.25, -0.2) is 24.2 Å². The average Bonchev–Trinajstić information content (AvgIpc) is 1.48. The Morgan fingerprint density at radius 2 is 1.43 bits per heavy atom. The SMILES string of the molecule is CO[C@H]1C[C@@H]2CC[C@@H](C)[C@@](O)(O2)C(=O)C(=O)N2CCCC[C@H]2C(=O)O[C@H]([C@H](C)C[C@@H]2CCC(OC(=O)NC3CCN(CC(=O)NCCOCCOCCOCCOCCOCCOCCC(=O)N4CCc5cc(Cn6nc(-c7ccc8oc(N)nc8c7)c7c(N)ncnc76)ccc5C4)CC3)[C@H](OC)C2)C[C@@H](O)C(C)/C=C(\C)[C@@H](O)[C@@H](OC)C(=O)[C@H](C)C[C@H](C)/C=C/C=C/C=C/1C. The largest absolute Gasteiger partial charge is 0.460 e. The van der Waals surface area contributed by atoms with Gasteiger partial charge in [-0.15, -0.1) is 0 Å². The molecular formula is C96H140N12O23. The number of nitrogen functional groups attached to an aromatic ring is 2. The molecule has 3 aromatic heterocycles. The molecule has 35 nitrogen and oxygen atoms in total. The number of esters is 1. The Labute approximate surface area is 768 Å². The number of aliphatic hydroxyl groups excluding tert-OH is 2. The molecule has 4 fully saturated rings. The summed E-state index contributed by atoms with van der Waals surface area (Å²) in [5.41, 5.74) is 20.0. The fourth-order valence-electron chi connectivity index (χ4n) is 18.5. The van der Waals surface area contributed by atoms with E-state index in [1.54, 1.807) is 47.1 Å². The number of nitrogens with zero attached hydrogens (tertiary/aromatic N) is 8. The van der Waals surface area contributed by atoms with Crippen LogP contribution in [0.25, 0.3) is 33.4 Å². The van der Waals surface area contributed by atoms with Gasteiger partial charge in [0, 0.05) is 103 Å². The average molecular weight is 1830 g/mol. The predicted molar refractivity (Wildman–Crippen MR) is 487 cm³/mol. The van der Waals surface area contributed by atoms with Gasteiger partial charge in [0.15, 0.2) is 17.0 Å². The summed E-state index contributed by atoms with van der Waals surface area (Å²) in [4.78, 5) is 116. The number of aromatic nitrogens is 5. The van der Waals surface area contributed by atoms with Crippen molar-refractivity contribution in [1.29, 1.82) is 0 Å². The second kappa shape index (κ2) is 50.9. The van der Waals surface area contributed by atoms with E-state index >= 15 is 0 Å². The van der Waals surface area contributed by atoms with E-state index in [4.69, 9.17) is 77.8 Å². The number of anilines is 2. The summed E-state index contributed by atoms with van der Waals surface area (Å²) in [5.74, 6) is -7.72. The van der Waals surface area contributed by atoms with Gasteiger partial charge in [0.1, 0.15) is 53.8 Å². The lowest BCUT2D eigenvalue weighted by Crippen LogP contribution is -2.61. The van der Waals surface area contributed by atoms with Crippen LogP contribution < -0.4 is 22.1 Å². The normalized spacial score (nSPS) is 28.0. The van der Waals surface area contributed by atoms with Gasteiger partial charge in [-0.05, 0) is 161 Å². The molecule has 2 bridgehead atoms. The molecule has 131 heavy (non-hydrogen) atoms. The summed E-state index contributed by atoms with van der Waals surface area (Å²) in [7, 11) is 4.53. The number of hydrogen-bond acceptors (Lipinski definition) is 30. The lowest BCUT2D eigenvalue weighted by Gasteiger charge is -2.43. The fourth-order valence-corrected chi connectivity index (χ4v) is 18.5. The number of ether oxygens (including phenoxy) is 12. The minimum atomic E-state index is -2.48. The minimum absolute atomic E-state index is 0.000695. The van der Waals surface area contributed by atoms with E-state index in [-0.39, 0.29) is 80.3 Å². The first-order valence-electron chi connectivity index (χ1n) is 46.7. The number of carbonyl (C=O) groups excluding carboxylic acids is 7. The highest BCUT2D eigenvalue weighted by Gasteiger charge is 2.53. The highest BCUT2D eigenvalue weighted by atomic mass is 16.6. The first-order valence-corrected chi connectivity index (χ1v) is 46.7. The first-order chi connectivity index (χ1) is 63.1. The molecule has 2 unspecified atom stereocenters. The van der Waals surface area contributed by atoms with E-state index in [9.17, 15) is 48.9 Å². The number of nitrogens with two attached hydrogens (primary N) is 2. The number of likely N-dealkylation sites (tertiary alicyclic amines) is 1. The smallest absolute Gasteiger partial charge is 0.407 e. The number of oxazole rings is 1. The first kappa shape index (κ1) is 102. The van der Waals surface area contributed by atoms with Crippen LogP contribution in [-0.2, 0) is 105 Å². The summed E-state index contributed by atoms with van der Waals surface area (Å²) in [6.45, 7) is 20.6. The molecule has 35 heteroatoms. The van der Waals surface area contributed by atoms with Crippen molar-refractivity contribution < 1.29 is 110 Å². The molecule has 5 aromatic rings. The standard InChI is InChI=1S/C96H140N12O23/c1-60-16-12-11-13-17-61(2)79(119-8)54-73-24-19-66(7)96(118,131-73)89(114)92(115)107-32-15-14-18-75(107)93(116)128-80(55-76(109)62(3)49-65(6)87(113)88(121-10)86(112)64(5)48-60)63(4)50-67-21-25-78(81(52-67)120-9)130-95(117)102-72-28-33-105(34-29-72)58-82(110)99-31-37-123-39-41-125-43-45-127-47-46-126-44-42-124-40-38-122-36-30-83(111)106-35-27-69-51-68(20-22-71(69)57-106)56-108-91-84(90(97)100-59-101-91)85(104-108)70-23-26-77-74(53-70)103-94(98)129-77/h11-13,16-17,20,22-23,26,49,51,53,59-60,62-64,66-67,72-73,75-76,78-81,87-88,109,113,118H,14-15,18-19,21,24-25,27-48,50,52,54-58H2,1-10H3,(H2,98,103)(H,99,110)(H,102,117)(H2,97,100,101)/b13-11+,16-12+,61-17+,65-49+/t60-,62?,63-,64-,66-,67+,73+,75+,76-,78?,79+,80+,81-,87-,88+,96-/m1/s1. The van der Waals surface area contributed by atoms with Gasteiger partial charge < -0.3 is 108 Å². The van der Waals surface area contributed by atoms with Gasteiger partial charge >= 0.3 is 12.1 Å². The summed E-state index contributed by atoms with van der Waals surface area (Å²) in [6, 6.07) is 10.6. The molecule has 722 valence electrons. The number of fused-ring (bicyclic) bond motifs is 6. The minimum Gasteiger partial charge on any atom is -0.460 e. The zero-order valence-corrected chi connectivity index (χ0v) is 77.9. The van der Waals surface area contributed by atoms with Crippen LogP contribution >= 0.6 is 0 Å². The van der Waals surface area contributed by atoms with E-state index in [1.165, 1.54) is 23.9 Å². The summed E-state index contributed by atoms with van der Waals surface area (Å²) in [5, 5.41) is 47.5. The van der Waals surface area contributed by atoms with Gasteiger partial charge in [0.05, 0.1) is 129 Å². The molecule has 0 radical (unpaired) electrons. The van der Waals surface area contributed by atoms with E-state index in [0.29, 0.717) is 228 Å². The molecule has 9 N–H and O–H groups in total. The number of methoxy groups -OCH3 is 3. The van der Waals surface area contributed by atoms with Crippen molar-refractivity contribution >= 4 is 75.3 Å². The van der Waals surface area contributed by atoms with Crippen LogP contribution in [0.15, 0.2) is 94.7 Å². The van der Waals surface area contributed by atoms with Gasteiger partial charge in [0.2, 0.25) is 17.6 Å². The lowest BCUT2D eigenvalue weighted by atomic mass is 9.78. The Balaban J connectivity index is 0.526. The molecular weight excluding hydrogens is 1690 g/mol. The lowest BCUT2D eigenvalue weighted by molar-refractivity contribution is -0.265. The van der Waals surface area contributed by atoms with Crippen molar-refractivity contribution in [2.45, 2.75) is 231 Å². The van der Waals surface area contributed by atoms with Crippen molar-refractivity contribution in [2.75, 3.05) is 151 Å². The van der Waals surface area contributed by atoms with E-state index in [0.717, 1.165) is 28.7 Å². The number of carbonyl (C=O) groups is 7. The number of rotatable bonds is 34. The third-order valence-corrected chi connectivity index (χ3v) is 26.3. The number of benzene rings is 2. The molecule has 4 amide bonds. The zero-order chi connectivity index (χ0) is 93.7. The Hall–Kier alpha value is -9.05. The molecule has 2 aromatic carbocycles. The van der Waals surface area contributed by atoms with Crippen LogP contribution in [0, 0.1) is 35.5 Å². The number of amides is 4. The van der Waals surface area contributed by atoms with E-state index < -0.39 is 108 Å².